The van der Waals surface area contributed by atoms with E-state index in [-0.39, 0.29) is 11.8 Å². The van der Waals surface area contributed by atoms with Crippen LogP contribution in [-0.2, 0) is 0 Å². The second kappa shape index (κ2) is 11.3. The van der Waals surface area contributed by atoms with Gasteiger partial charge in [-0.25, -0.2) is 14.2 Å². The summed E-state index contributed by atoms with van der Waals surface area (Å²) in [6.45, 7) is 4.38. The van der Waals surface area contributed by atoms with E-state index in [1.807, 2.05) is 31.1 Å². The lowest BCUT2D eigenvalue weighted by Crippen LogP contribution is -2.44. The third-order valence-corrected chi connectivity index (χ3v) is 6.14. The summed E-state index contributed by atoms with van der Waals surface area (Å²) in [4.78, 5) is 24.3. The monoisotopic (exact) mass is 480 g/mol. The second-order valence-corrected chi connectivity index (χ2v) is 8.86. The van der Waals surface area contributed by atoms with Crippen LogP contribution in [0.5, 0.6) is 5.75 Å². The van der Waals surface area contributed by atoms with Crippen molar-refractivity contribution in [1.82, 2.24) is 30.4 Å². The molecule has 9 heteroatoms. The molecule has 0 atom stereocenters. The van der Waals surface area contributed by atoms with Crippen LogP contribution in [0.2, 0.25) is 0 Å². The molecule has 0 aliphatic carbocycles. The number of fused-ring (bicyclic) bond motifs is 1. The Bertz CT molecular complexity index is 1210. The zero-order chi connectivity index (χ0) is 24.8. The predicted molar refractivity (Wildman–Crippen MR) is 137 cm³/mol. The van der Waals surface area contributed by atoms with Crippen LogP contribution in [0.4, 0.5) is 9.18 Å². The lowest BCUT2D eigenvalue weighted by Gasteiger charge is -2.26. The fourth-order valence-corrected chi connectivity index (χ4v) is 4.22. The van der Waals surface area contributed by atoms with Gasteiger partial charge in [0, 0.05) is 62.1 Å². The molecule has 8 nitrogen and oxygen atoms in total. The summed E-state index contributed by atoms with van der Waals surface area (Å²) < 4.78 is 19.5. The molecular formula is C26H33FN6O2. The number of rotatable bonds is 9. The van der Waals surface area contributed by atoms with E-state index in [4.69, 9.17) is 4.74 Å². The van der Waals surface area contributed by atoms with Crippen molar-refractivity contribution in [3.8, 4) is 16.9 Å². The fourth-order valence-electron chi connectivity index (χ4n) is 4.22. The topological polar surface area (TPSA) is 85.5 Å². The highest BCUT2D eigenvalue weighted by atomic mass is 19.1. The molecule has 0 saturated carbocycles. The number of methoxy groups -OCH3 is 1. The van der Waals surface area contributed by atoms with Gasteiger partial charge in [0.05, 0.1) is 7.11 Å². The van der Waals surface area contributed by atoms with Gasteiger partial charge in [-0.3, -0.25) is 0 Å². The largest absolute Gasteiger partial charge is 0.496 e. The van der Waals surface area contributed by atoms with E-state index in [0.717, 1.165) is 53.9 Å². The number of hydrogen-bond donors (Lipinski definition) is 3. The number of likely N-dealkylation sites (N-methyl/N-ethyl adjacent to an activating group) is 1. The lowest BCUT2D eigenvalue weighted by molar-refractivity contribution is 0.203. The molecule has 3 aromatic rings. The summed E-state index contributed by atoms with van der Waals surface area (Å²) in [6.07, 6.45) is 4.52. The van der Waals surface area contributed by atoms with Gasteiger partial charge in [0.1, 0.15) is 17.2 Å². The minimum absolute atomic E-state index is 0.0477. The van der Waals surface area contributed by atoms with Crippen molar-refractivity contribution in [2.45, 2.75) is 6.42 Å². The Kier molecular flexibility index (Phi) is 7.99. The molecule has 1 aliphatic rings. The predicted octanol–water partition coefficient (Wildman–Crippen LogP) is 3.33. The Morgan fingerprint density at radius 3 is 2.80 bits per heavy atom. The van der Waals surface area contributed by atoms with Gasteiger partial charge < -0.3 is 30.2 Å². The number of amides is 2. The fraction of sp³-hybridized carbons (Fsp3) is 0.385. The van der Waals surface area contributed by atoms with Crippen molar-refractivity contribution in [3.63, 3.8) is 0 Å². The number of aromatic amines is 1. The number of benzene rings is 1. The third kappa shape index (κ3) is 5.98. The molecule has 3 N–H and O–H groups in total. The molecular weight excluding hydrogens is 447 g/mol. The first-order chi connectivity index (χ1) is 17.0. The lowest BCUT2D eigenvalue weighted by atomic mass is 10.0. The van der Waals surface area contributed by atoms with Gasteiger partial charge in [-0.2, -0.15) is 0 Å². The summed E-state index contributed by atoms with van der Waals surface area (Å²) in [6, 6.07) is 8.37. The van der Waals surface area contributed by atoms with Crippen molar-refractivity contribution in [1.29, 1.82) is 0 Å². The van der Waals surface area contributed by atoms with Gasteiger partial charge in [-0.1, -0.05) is 6.08 Å². The van der Waals surface area contributed by atoms with Crippen LogP contribution in [0.1, 0.15) is 12.1 Å². The number of pyridine rings is 1. The Balaban J connectivity index is 1.42. The van der Waals surface area contributed by atoms with E-state index in [1.54, 1.807) is 19.4 Å². The van der Waals surface area contributed by atoms with E-state index < -0.39 is 0 Å². The maximum Gasteiger partial charge on any atom is 0.317 e. The molecule has 2 aromatic heterocycles. The average molecular weight is 481 g/mol. The summed E-state index contributed by atoms with van der Waals surface area (Å²) in [7, 11) is 5.65. The van der Waals surface area contributed by atoms with Crippen molar-refractivity contribution in [2.75, 3.05) is 60.5 Å². The van der Waals surface area contributed by atoms with Crippen LogP contribution in [-0.4, -0.2) is 86.3 Å². The van der Waals surface area contributed by atoms with Crippen LogP contribution in [0.3, 0.4) is 0 Å². The van der Waals surface area contributed by atoms with Crippen molar-refractivity contribution in [3.05, 3.63) is 54.1 Å². The molecule has 0 radical (unpaired) electrons. The molecule has 0 bridgehead atoms. The molecule has 1 aromatic carbocycles. The highest BCUT2D eigenvalue weighted by Crippen LogP contribution is 2.36. The van der Waals surface area contributed by atoms with E-state index in [2.05, 4.69) is 31.6 Å². The molecule has 186 valence electrons. The molecule has 1 aliphatic heterocycles. The summed E-state index contributed by atoms with van der Waals surface area (Å²) >= 11 is 0. The van der Waals surface area contributed by atoms with Crippen molar-refractivity contribution in [2.24, 2.45) is 0 Å². The average Bonchev–Trinajstić information content (AvgIpc) is 3.30. The van der Waals surface area contributed by atoms with Crippen LogP contribution < -0.4 is 15.4 Å². The van der Waals surface area contributed by atoms with Crippen molar-refractivity contribution >= 4 is 22.6 Å². The quantitative estimate of drug-likeness (QED) is 0.409. The number of nitrogens with zero attached hydrogens (tertiary/aromatic N) is 3. The van der Waals surface area contributed by atoms with Crippen LogP contribution in [0, 0.1) is 5.82 Å². The first-order valence-electron chi connectivity index (χ1n) is 11.9. The standard InChI is InChI=1S/C26H33FN6O2/c1-32(2)15-12-28-10-11-30-26(34)33-13-7-18(8-14-33)23-17-22-20(6-9-29-25(22)31-23)21-16-19(27)4-5-24(21)35-3/h4-7,9,16-17,28H,8,10-15H2,1-3H3,(H,29,31)(H,30,34). The van der Waals surface area contributed by atoms with Crippen LogP contribution >= 0.6 is 0 Å². The molecule has 0 spiro atoms. The Morgan fingerprint density at radius 1 is 1.20 bits per heavy atom. The summed E-state index contributed by atoms with van der Waals surface area (Å²) in [5.41, 5.74) is 4.36. The number of halogens is 1. The van der Waals surface area contributed by atoms with Crippen LogP contribution in [0.25, 0.3) is 27.7 Å². The minimum Gasteiger partial charge on any atom is -0.496 e. The number of hydrogen-bond acceptors (Lipinski definition) is 5. The van der Waals surface area contributed by atoms with Gasteiger partial charge in [0.2, 0.25) is 0 Å². The number of aromatic nitrogens is 2. The van der Waals surface area contributed by atoms with Gasteiger partial charge in [0.25, 0.3) is 0 Å². The van der Waals surface area contributed by atoms with E-state index in [1.165, 1.54) is 12.1 Å². The second-order valence-electron chi connectivity index (χ2n) is 8.86. The number of nitrogens with one attached hydrogen (secondary N) is 3. The Morgan fingerprint density at radius 2 is 2.06 bits per heavy atom. The number of carbonyl (C=O) groups excluding carboxylic acids is 1. The minimum atomic E-state index is -0.320. The molecule has 3 heterocycles. The molecule has 4 rings (SSSR count). The number of ether oxygens (including phenoxy) is 1. The molecule has 0 unspecified atom stereocenters. The highest BCUT2D eigenvalue weighted by Gasteiger charge is 2.20. The highest BCUT2D eigenvalue weighted by molar-refractivity contribution is 5.96. The van der Waals surface area contributed by atoms with Crippen LogP contribution in [0.15, 0.2) is 42.6 Å². The number of urea groups is 1. The maximum absolute atomic E-state index is 14.0. The Hall–Kier alpha value is -3.43. The molecule has 0 saturated heterocycles. The first kappa shape index (κ1) is 24.7. The zero-order valence-electron chi connectivity index (χ0n) is 20.5. The first-order valence-corrected chi connectivity index (χ1v) is 11.9. The van der Waals surface area contributed by atoms with Gasteiger partial charge in [-0.15, -0.1) is 0 Å². The van der Waals surface area contributed by atoms with Gasteiger partial charge in [-0.05, 0) is 62.0 Å². The van der Waals surface area contributed by atoms with E-state index in [9.17, 15) is 9.18 Å². The van der Waals surface area contributed by atoms with Gasteiger partial charge in [0.15, 0.2) is 0 Å². The SMILES string of the molecule is COc1ccc(F)cc1-c1ccnc2[nH]c(C3=CCN(C(=O)NCCNCCN(C)C)CC3)cc12. The van der Waals surface area contributed by atoms with E-state index in [0.29, 0.717) is 30.9 Å². The zero-order valence-corrected chi connectivity index (χ0v) is 20.5. The third-order valence-electron chi connectivity index (χ3n) is 6.14. The number of carbonyl (C=O) groups is 1. The summed E-state index contributed by atoms with van der Waals surface area (Å²) in [5, 5.41) is 7.19. The van der Waals surface area contributed by atoms with Gasteiger partial charge >= 0.3 is 6.03 Å². The molecule has 2 amide bonds. The maximum atomic E-state index is 14.0. The Labute approximate surface area is 205 Å². The van der Waals surface area contributed by atoms with Crippen molar-refractivity contribution < 1.29 is 13.9 Å². The normalized spacial score (nSPS) is 13.9. The smallest absolute Gasteiger partial charge is 0.317 e. The van der Waals surface area contributed by atoms with E-state index >= 15 is 0 Å². The summed E-state index contributed by atoms with van der Waals surface area (Å²) in [5.74, 6) is 0.285. The number of H-pyrrole nitrogens is 1. The molecule has 35 heavy (non-hydrogen) atoms. The molecule has 0 fully saturated rings.